The fourth-order valence-corrected chi connectivity index (χ4v) is 2.85. The summed E-state index contributed by atoms with van der Waals surface area (Å²) in [6.45, 7) is -0.0622. The highest BCUT2D eigenvalue weighted by Gasteiger charge is 2.14. The molecule has 0 atom stereocenters. The lowest BCUT2D eigenvalue weighted by molar-refractivity contribution is 0.0945. The highest BCUT2D eigenvalue weighted by atomic mass is 35.5. The van der Waals surface area contributed by atoms with Crippen LogP contribution in [0.5, 0.6) is 0 Å². The molecule has 0 spiro atoms. The van der Waals surface area contributed by atoms with Crippen LogP contribution in [0.1, 0.15) is 16.2 Å². The number of nitrogens with zero attached hydrogens (tertiary/aromatic N) is 2. The summed E-state index contributed by atoms with van der Waals surface area (Å²) in [6.07, 6.45) is 0. The average Bonchev–Trinajstić information content (AvgIpc) is 3.14. The van der Waals surface area contributed by atoms with Gasteiger partial charge in [-0.1, -0.05) is 28.9 Å². The molecular weight excluding hydrogens is 387 g/mol. The Morgan fingerprint density at radius 2 is 2.07 bits per heavy atom. The van der Waals surface area contributed by atoms with Gasteiger partial charge in [0.25, 0.3) is 11.5 Å². The Balaban J connectivity index is 1.50. The van der Waals surface area contributed by atoms with Crippen molar-refractivity contribution in [1.82, 2.24) is 20.4 Å². The Morgan fingerprint density at radius 1 is 1.21 bits per heavy atom. The second-order valence-electron chi connectivity index (χ2n) is 5.95. The minimum Gasteiger partial charge on any atom is -0.343 e. The van der Waals surface area contributed by atoms with Gasteiger partial charge in [0.05, 0.1) is 12.1 Å². The van der Waals surface area contributed by atoms with Crippen molar-refractivity contribution in [3.63, 3.8) is 0 Å². The van der Waals surface area contributed by atoms with Crippen molar-refractivity contribution in [1.29, 1.82) is 0 Å². The van der Waals surface area contributed by atoms with Crippen molar-refractivity contribution in [2.75, 3.05) is 0 Å². The van der Waals surface area contributed by atoms with E-state index >= 15 is 0 Å². The number of nitrogens with one attached hydrogen (secondary N) is 2. The number of halogens is 2. The Kier molecular flexibility index (Phi) is 4.62. The summed E-state index contributed by atoms with van der Waals surface area (Å²) in [5.74, 6) is -0.595. The highest BCUT2D eigenvalue weighted by Crippen LogP contribution is 2.20. The minimum atomic E-state index is -0.624. The quantitative estimate of drug-likeness (QED) is 0.549. The molecule has 0 unspecified atom stereocenters. The number of amides is 1. The zero-order valence-corrected chi connectivity index (χ0v) is 15.0. The van der Waals surface area contributed by atoms with E-state index < -0.39 is 17.3 Å². The van der Waals surface area contributed by atoms with E-state index in [-0.39, 0.29) is 18.0 Å². The van der Waals surface area contributed by atoms with Gasteiger partial charge in [0.2, 0.25) is 11.7 Å². The molecule has 2 aromatic carbocycles. The standard InChI is InChI=1S/C19H12ClFN4O3/c20-12-3-1-2-11(6-12)17-24-16(28-25-17)9-22-18(26)14-7-10-4-5-13(21)8-15(10)23-19(14)27/h1-8H,9H2,(H,22,26)(H,23,27). The summed E-state index contributed by atoms with van der Waals surface area (Å²) in [6, 6.07) is 12.3. The average molecular weight is 399 g/mol. The zero-order valence-electron chi connectivity index (χ0n) is 14.2. The zero-order chi connectivity index (χ0) is 19.7. The second kappa shape index (κ2) is 7.24. The number of fused-ring (bicyclic) bond motifs is 1. The number of hydrogen-bond acceptors (Lipinski definition) is 5. The number of aromatic amines is 1. The highest BCUT2D eigenvalue weighted by molar-refractivity contribution is 6.30. The molecule has 1 amide bonds. The number of aromatic nitrogens is 3. The Labute approximate surface area is 162 Å². The van der Waals surface area contributed by atoms with Crippen molar-refractivity contribution in [2.45, 2.75) is 6.54 Å². The molecule has 0 aliphatic carbocycles. The smallest absolute Gasteiger partial charge is 0.261 e. The molecule has 28 heavy (non-hydrogen) atoms. The summed E-state index contributed by atoms with van der Waals surface area (Å²) < 4.78 is 18.4. The van der Waals surface area contributed by atoms with Crippen LogP contribution in [0.2, 0.25) is 5.02 Å². The van der Waals surface area contributed by atoms with E-state index in [4.69, 9.17) is 16.1 Å². The normalized spacial score (nSPS) is 10.9. The van der Waals surface area contributed by atoms with Crippen LogP contribution in [0.4, 0.5) is 4.39 Å². The molecule has 7 nitrogen and oxygen atoms in total. The summed E-state index contributed by atoms with van der Waals surface area (Å²) in [5, 5.41) is 7.47. The molecular formula is C19H12ClFN4O3. The lowest BCUT2D eigenvalue weighted by atomic mass is 10.1. The second-order valence-corrected chi connectivity index (χ2v) is 6.38. The molecule has 140 valence electrons. The molecule has 4 aromatic rings. The van der Waals surface area contributed by atoms with Crippen LogP contribution >= 0.6 is 11.6 Å². The molecule has 0 radical (unpaired) electrons. The van der Waals surface area contributed by atoms with E-state index in [2.05, 4.69) is 20.4 Å². The Morgan fingerprint density at radius 3 is 2.89 bits per heavy atom. The lowest BCUT2D eigenvalue weighted by Gasteiger charge is -2.04. The van der Waals surface area contributed by atoms with Crippen molar-refractivity contribution in [3.05, 3.63) is 81.2 Å². The van der Waals surface area contributed by atoms with E-state index in [1.807, 2.05) is 0 Å². The van der Waals surface area contributed by atoms with Crippen LogP contribution in [-0.4, -0.2) is 21.0 Å². The van der Waals surface area contributed by atoms with Crippen LogP contribution in [0, 0.1) is 5.82 Å². The third-order valence-electron chi connectivity index (χ3n) is 4.00. The largest absolute Gasteiger partial charge is 0.343 e. The summed E-state index contributed by atoms with van der Waals surface area (Å²) >= 11 is 5.94. The van der Waals surface area contributed by atoms with Crippen LogP contribution in [0.25, 0.3) is 22.3 Å². The van der Waals surface area contributed by atoms with E-state index in [0.29, 0.717) is 27.3 Å². The molecule has 9 heteroatoms. The van der Waals surface area contributed by atoms with E-state index in [1.54, 1.807) is 24.3 Å². The monoisotopic (exact) mass is 398 g/mol. The number of H-pyrrole nitrogens is 1. The first-order chi connectivity index (χ1) is 13.5. The molecule has 0 aliphatic heterocycles. The molecule has 4 rings (SSSR count). The fraction of sp³-hybridized carbons (Fsp3) is 0.0526. The maximum absolute atomic E-state index is 13.3. The fourth-order valence-electron chi connectivity index (χ4n) is 2.66. The van der Waals surface area contributed by atoms with Gasteiger partial charge in [-0.15, -0.1) is 0 Å². The van der Waals surface area contributed by atoms with E-state index in [0.717, 1.165) is 0 Å². The molecule has 0 bridgehead atoms. The molecule has 0 aliphatic rings. The van der Waals surface area contributed by atoms with Gasteiger partial charge in [-0.2, -0.15) is 4.98 Å². The third-order valence-corrected chi connectivity index (χ3v) is 4.24. The topological polar surface area (TPSA) is 101 Å². The first kappa shape index (κ1) is 17.9. The number of pyridine rings is 1. The van der Waals surface area contributed by atoms with Crippen LogP contribution in [0.15, 0.2) is 57.8 Å². The van der Waals surface area contributed by atoms with Gasteiger partial charge < -0.3 is 14.8 Å². The van der Waals surface area contributed by atoms with Gasteiger partial charge in [-0.3, -0.25) is 9.59 Å². The predicted octanol–water partition coefficient (Wildman–Crippen LogP) is 3.30. The van der Waals surface area contributed by atoms with Crippen molar-refractivity contribution in [3.8, 4) is 11.4 Å². The van der Waals surface area contributed by atoms with Gasteiger partial charge in [0.15, 0.2) is 0 Å². The summed E-state index contributed by atoms with van der Waals surface area (Å²) in [7, 11) is 0. The van der Waals surface area contributed by atoms with E-state index in [9.17, 15) is 14.0 Å². The first-order valence-electron chi connectivity index (χ1n) is 8.19. The first-order valence-corrected chi connectivity index (χ1v) is 8.57. The van der Waals surface area contributed by atoms with Crippen molar-refractivity contribution < 1.29 is 13.7 Å². The van der Waals surface area contributed by atoms with Crippen LogP contribution in [0.3, 0.4) is 0 Å². The van der Waals surface area contributed by atoms with Crippen molar-refractivity contribution >= 4 is 28.4 Å². The number of rotatable bonds is 4. The third kappa shape index (κ3) is 3.63. The van der Waals surface area contributed by atoms with Crippen molar-refractivity contribution in [2.24, 2.45) is 0 Å². The molecule has 0 fully saturated rings. The lowest BCUT2D eigenvalue weighted by Crippen LogP contribution is -2.29. The number of carbonyl (C=O) groups is 1. The number of hydrogen-bond donors (Lipinski definition) is 2. The molecule has 2 aromatic heterocycles. The molecule has 2 heterocycles. The molecule has 2 N–H and O–H groups in total. The molecule has 0 saturated carbocycles. The van der Waals surface area contributed by atoms with Gasteiger partial charge in [-0.05, 0) is 41.8 Å². The van der Waals surface area contributed by atoms with Gasteiger partial charge in [0, 0.05) is 10.6 Å². The van der Waals surface area contributed by atoms with Crippen LogP contribution < -0.4 is 10.9 Å². The van der Waals surface area contributed by atoms with E-state index in [1.165, 1.54) is 24.3 Å². The predicted molar refractivity (Wildman–Crippen MR) is 100 cm³/mol. The van der Waals surface area contributed by atoms with Gasteiger partial charge in [-0.25, -0.2) is 4.39 Å². The molecule has 0 saturated heterocycles. The summed E-state index contributed by atoms with van der Waals surface area (Å²) in [4.78, 5) is 31.2. The van der Waals surface area contributed by atoms with Gasteiger partial charge in [0.1, 0.15) is 11.4 Å². The number of benzene rings is 2. The summed E-state index contributed by atoms with van der Waals surface area (Å²) in [5.41, 5.74) is 0.256. The van der Waals surface area contributed by atoms with Gasteiger partial charge >= 0.3 is 0 Å². The maximum atomic E-state index is 13.3. The Hall–Kier alpha value is -3.52. The maximum Gasteiger partial charge on any atom is 0.261 e. The minimum absolute atomic E-state index is 0.0622. The number of carbonyl (C=O) groups excluding carboxylic acids is 1. The Bertz CT molecular complexity index is 1250. The van der Waals surface area contributed by atoms with Crippen LogP contribution in [-0.2, 0) is 6.54 Å². The SMILES string of the molecule is O=C(NCc1nc(-c2cccc(Cl)c2)no1)c1cc2ccc(F)cc2[nH]c1=O.